The van der Waals surface area contributed by atoms with Crippen LogP contribution in [-0.2, 0) is 0 Å². The molecule has 7 heteroatoms. The predicted molar refractivity (Wildman–Crippen MR) is 65.8 cm³/mol. The Labute approximate surface area is 102 Å². The normalized spacial score (nSPS) is 10.8. The predicted octanol–water partition coefficient (Wildman–Crippen LogP) is 2.91. The first-order valence-electron chi connectivity index (χ1n) is 5.25. The Bertz CT molecular complexity index is 687. The van der Waals surface area contributed by atoms with Crippen LogP contribution in [0.3, 0.4) is 0 Å². The molecule has 2 rings (SSSR count). The molecule has 0 radical (unpaired) electrons. The van der Waals surface area contributed by atoms with Crippen molar-refractivity contribution in [3.63, 3.8) is 0 Å². The van der Waals surface area contributed by atoms with Gasteiger partial charge in [-0.3, -0.25) is 20.2 Å². The highest BCUT2D eigenvalue weighted by Crippen LogP contribution is 2.37. The fourth-order valence-corrected chi connectivity index (χ4v) is 2.15. The summed E-state index contributed by atoms with van der Waals surface area (Å²) in [4.78, 5) is 23.6. The maximum atomic E-state index is 11.0. The summed E-state index contributed by atoms with van der Waals surface area (Å²) < 4.78 is 0. The summed E-state index contributed by atoms with van der Waals surface area (Å²) in [5.41, 5.74) is 1.88. The molecule has 0 atom stereocenters. The van der Waals surface area contributed by atoms with E-state index in [4.69, 9.17) is 0 Å². The van der Waals surface area contributed by atoms with Crippen molar-refractivity contribution in [2.24, 2.45) is 0 Å². The molecule has 0 saturated heterocycles. The molecule has 0 fully saturated rings. The lowest BCUT2D eigenvalue weighted by Crippen LogP contribution is -1.97. The number of benzene rings is 1. The van der Waals surface area contributed by atoms with Crippen molar-refractivity contribution < 1.29 is 9.85 Å². The van der Waals surface area contributed by atoms with Gasteiger partial charge in [0.1, 0.15) is 5.52 Å². The van der Waals surface area contributed by atoms with Gasteiger partial charge in [0.25, 0.3) is 11.4 Å². The highest BCUT2D eigenvalue weighted by atomic mass is 16.6. The highest BCUT2D eigenvalue weighted by Gasteiger charge is 2.26. The maximum absolute atomic E-state index is 11.0. The topological polar surface area (TPSA) is 102 Å². The van der Waals surface area contributed by atoms with E-state index in [1.807, 2.05) is 0 Å². The molecular formula is C11H11N3O4. The first-order chi connectivity index (χ1) is 8.34. The summed E-state index contributed by atoms with van der Waals surface area (Å²) in [6.07, 6.45) is 0. The number of nitro benzene ring substituents is 2. The number of hydrogen-bond donors (Lipinski definition) is 1. The van der Waals surface area contributed by atoms with E-state index in [2.05, 4.69) is 4.98 Å². The zero-order chi connectivity index (χ0) is 13.6. The Morgan fingerprint density at radius 1 is 1.00 bits per heavy atom. The molecule has 1 aromatic carbocycles. The van der Waals surface area contributed by atoms with Gasteiger partial charge in [-0.25, -0.2) is 0 Å². The minimum Gasteiger partial charge on any atom is -0.353 e. The van der Waals surface area contributed by atoms with E-state index in [1.54, 1.807) is 20.8 Å². The molecule has 1 N–H and O–H groups in total. The minimum absolute atomic E-state index is 0.226. The number of non-ortho nitro benzene ring substituents is 1. The van der Waals surface area contributed by atoms with Crippen LogP contribution in [0, 0.1) is 41.0 Å². The van der Waals surface area contributed by atoms with Crippen LogP contribution in [0.1, 0.15) is 16.8 Å². The standard InChI is InChI=1S/C11H11N3O4/c1-5-7(3)12-11-9(14(17)18)4-8(13(15)16)6(2)10(5)11/h4,12H,1-3H3. The van der Waals surface area contributed by atoms with Crippen molar-refractivity contribution in [1.82, 2.24) is 4.98 Å². The zero-order valence-corrected chi connectivity index (χ0v) is 10.1. The van der Waals surface area contributed by atoms with Crippen LogP contribution in [0.4, 0.5) is 11.4 Å². The molecule has 18 heavy (non-hydrogen) atoms. The molecule has 0 saturated carbocycles. The Hall–Kier alpha value is -2.44. The van der Waals surface area contributed by atoms with Crippen molar-refractivity contribution in [1.29, 1.82) is 0 Å². The first-order valence-corrected chi connectivity index (χ1v) is 5.25. The van der Waals surface area contributed by atoms with Gasteiger partial charge in [-0.05, 0) is 26.3 Å². The third-order valence-corrected chi connectivity index (χ3v) is 3.18. The Kier molecular flexibility index (Phi) is 2.54. The van der Waals surface area contributed by atoms with Crippen molar-refractivity contribution in [3.05, 3.63) is 43.1 Å². The van der Waals surface area contributed by atoms with Crippen molar-refractivity contribution in [3.8, 4) is 0 Å². The van der Waals surface area contributed by atoms with Gasteiger partial charge in [0.2, 0.25) is 0 Å². The van der Waals surface area contributed by atoms with Gasteiger partial charge in [0.15, 0.2) is 0 Å². The van der Waals surface area contributed by atoms with Crippen LogP contribution in [0.15, 0.2) is 6.07 Å². The number of aryl methyl sites for hydroxylation is 3. The molecule has 0 bridgehead atoms. The van der Waals surface area contributed by atoms with Crippen molar-refractivity contribution in [2.75, 3.05) is 0 Å². The molecule has 0 amide bonds. The van der Waals surface area contributed by atoms with Crippen LogP contribution in [0.2, 0.25) is 0 Å². The van der Waals surface area contributed by atoms with Gasteiger partial charge >= 0.3 is 0 Å². The average Bonchev–Trinajstić information content (AvgIpc) is 2.55. The lowest BCUT2D eigenvalue weighted by atomic mass is 10.0. The molecule has 0 aliphatic carbocycles. The summed E-state index contributed by atoms with van der Waals surface area (Å²) in [7, 11) is 0. The number of aromatic amines is 1. The van der Waals surface area contributed by atoms with Gasteiger partial charge in [-0.2, -0.15) is 0 Å². The van der Waals surface area contributed by atoms with E-state index >= 15 is 0 Å². The van der Waals surface area contributed by atoms with Gasteiger partial charge in [0, 0.05) is 16.6 Å². The SMILES string of the molecule is Cc1[nH]c2c([N+](=O)[O-])cc([N+](=O)[O-])c(C)c2c1C. The van der Waals surface area contributed by atoms with Crippen LogP contribution >= 0.6 is 0 Å². The van der Waals surface area contributed by atoms with E-state index in [-0.39, 0.29) is 11.4 Å². The molecule has 0 spiro atoms. The number of nitrogens with one attached hydrogen (secondary N) is 1. The first kappa shape index (κ1) is 12.0. The quantitative estimate of drug-likeness (QED) is 0.652. The van der Waals surface area contributed by atoms with Crippen LogP contribution in [0.25, 0.3) is 10.9 Å². The Balaban J connectivity index is 3.02. The van der Waals surface area contributed by atoms with E-state index in [9.17, 15) is 20.2 Å². The fourth-order valence-electron chi connectivity index (χ4n) is 2.15. The average molecular weight is 249 g/mol. The van der Waals surface area contributed by atoms with Crippen molar-refractivity contribution in [2.45, 2.75) is 20.8 Å². The molecule has 94 valence electrons. The van der Waals surface area contributed by atoms with E-state index in [0.717, 1.165) is 17.3 Å². The third kappa shape index (κ3) is 1.52. The summed E-state index contributed by atoms with van der Waals surface area (Å²) in [5.74, 6) is 0. The lowest BCUT2D eigenvalue weighted by molar-refractivity contribution is -0.393. The Morgan fingerprint density at radius 3 is 2.06 bits per heavy atom. The minimum atomic E-state index is -0.607. The second kappa shape index (κ2) is 3.80. The van der Waals surface area contributed by atoms with Gasteiger partial charge < -0.3 is 4.98 Å². The maximum Gasteiger partial charge on any atom is 0.300 e. The number of aromatic nitrogens is 1. The molecule has 0 aliphatic rings. The van der Waals surface area contributed by atoms with E-state index < -0.39 is 9.85 Å². The number of H-pyrrole nitrogens is 1. The van der Waals surface area contributed by atoms with Gasteiger partial charge in [-0.15, -0.1) is 0 Å². The van der Waals surface area contributed by atoms with Gasteiger partial charge in [-0.1, -0.05) is 0 Å². The second-order valence-corrected chi connectivity index (χ2v) is 4.18. The number of hydrogen-bond acceptors (Lipinski definition) is 4. The van der Waals surface area contributed by atoms with Crippen molar-refractivity contribution >= 4 is 22.3 Å². The smallest absolute Gasteiger partial charge is 0.300 e. The Morgan fingerprint density at radius 2 is 1.56 bits per heavy atom. The number of rotatable bonds is 2. The number of nitro groups is 2. The van der Waals surface area contributed by atoms with E-state index in [1.165, 1.54) is 0 Å². The molecule has 1 aromatic heterocycles. The largest absolute Gasteiger partial charge is 0.353 e. The summed E-state index contributed by atoms with van der Waals surface area (Å²) in [5, 5.41) is 22.5. The van der Waals surface area contributed by atoms with E-state index in [0.29, 0.717) is 16.5 Å². The lowest BCUT2D eigenvalue weighted by Gasteiger charge is -2.01. The summed E-state index contributed by atoms with van der Waals surface area (Å²) >= 11 is 0. The molecule has 1 heterocycles. The molecular weight excluding hydrogens is 238 g/mol. The number of nitrogens with zero attached hydrogens (tertiary/aromatic N) is 2. The van der Waals surface area contributed by atoms with Crippen LogP contribution in [0.5, 0.6) is 0 Å². The third-order valence-electron chi connectivity index (χ3n) is 3.18. The molecule has 0 unspecified atom stereocenters. The van der Waals surface area contributed by atoms with Crippen LogP contribution < -0.4 is 0 Å². The molecule has 2 aromatic rings. The zero-order valence-electron chi connectivity index (χ0n) is 10.1. The second-order valence-electron chi connectivity index (χ2n) is 4.18. The fraction of sp³-hybridized carbons (Fsp3) is 0.273. The van der Waals surface area contributed by atoms with Crippen LogP contribution in [-0.4, -0.2) is 14.8 Å². The van der Waals surface area contributed by atoms with Gasteiger partial charge in [0.05, 0.1) is 15.9 Å². The molecule has 0 aliphatic heterocycles. The monoisotopic (exact) mass is 249 g/mol. The number of fused-ring (bicyclic) bond motifs is 1. The summed E-state index contributed by atoms with van der Waals surface area (Å²) in [6, 6.07) is 1.01. The summed E-state index contributed by atoms with van der Waals surface area (Å²) in [6.45, 7) is 5.17. The molecule has 7 nitrogen and oxygen atoms in total. The highest BCUT2D eigenvalue weighted by molar-refractivity contribution is 5.96.